The summed E-state index contributed by atoms with van der Waals surface area (Å²) < 4.78 is 0. The minimum atomic E-state index is -0.00328. The van der Waals surface area contributed by atoms with Crippen molar-refractivity contribution in [2.75, 3.05) is 24.2 Å². The van der Waals surface area contributed by atoms with Crippen LogP contribution in [0.25, 0.3) is 0 Å². The molecule has 1 atom stereocenters. The van der Waals surface area contributed by atoms with E-state index < -0.39 is 0 Å². The lowest BCUT2D eigenvalue weighted by atomic mass is 10.0. The number of halogens is 1. The van der Waals surface area contributed by atoms with Gasteiger partial charge in [0.1, 0.15) is 0 Å². The van der Waals surface area contributed by atoms with Crippen LogP contribution in [0.15, 0.2) is 29.6 Å². The van der Waals surface area contributed by atoms with Crippen LogP contribution >= 0.6 is 34.7 Å². The standard InChI is InChI=1S/C19H24ClN3OS2/c1-14-3-2-8-23(9-14)10-17-12-26-19(21-17)22-18(24)13-25-11-15-4-6-16(20)7-5-15/h4-7,12,14H,2-3,8-11,13H2,1H3,(H,21,22,24). The smallest absolute Gasteiger partial charge is 0.236 e. The van der Waals surface area contributed by atoms with Crippen LogP contribution in [0.3, 0.4) is 0 Å². The number of thiazole rings is 1. The van der Waals surface area contributed by atoms with Crippen molar-refractivity contribution in [1.82, 2.24) is 9.88 Å². The summed E-state index contributed by atoms with van der Waals surface area (Å²) >= 11 is 8.97. The zero-order valence-corrected chi connectivity index (χ0v) is 17.3. The van der Waals surface area contributed by atoms with E-state index in [4.69, 9.17) is 11.6 Å². The van der Waals surface area contributed by atoms with Crippen molar-refractivity contribution in [1.29, 1.82) is 0 Å². The van der Waals surface area contributed by atoms with Crippen LogP contribution in [0.2, 0.25) is 5.02 Å². The molecule has 26 heavy (non-hydrogen) atoms. The Bertz CT molecular complexity index is 720. The molecule has 2 heterocycles. The number of nitrogens with zero attached hydrogens (tertiary/aromatic N) is 2. The molecule has 0 spiro atoms. The van der Waals surface area contributed by atoms with Crippen LogP contribution in [-0.2, 0) is 17.1 Å². The first kappa shape index (κ1) is 19.7. The van der Waals surface area contributed by atoms with Gasteiger partial charge in [0.2, 0.25) is 5.91 Å². The number of anilines is 1. The maximum Gasteiger partial charge on any atom is 0.236 e. The lowest BCUT2D eigenvalue weighted by molar-refractivity contribution is -0.113. The van der Waals surface area contributed by atoms with Gasteiger partial charge in [0.15, 0.2) is 5.13 Å². The Kier molecular flexibility index (Phi) is 7.37. The van der Waals surface area contributed by atoms with Crippen LogP contribution in [-0.4, -0.2) is 34.6 Å². The van der Waals surface area contributed by atoms with Gasteiger partial charge < -0.3 is 5.32 Å². The largest absolute Gasteiger partial charge is 0.301 e. The molecule has 4 nitrogen and oxygen atoms in total. The number of aromatic nitrogens is 1. The third-order valence-electron chi connectivity index (χ3n) is 4.34. The second kappa shape index (κ2) is 9.74. The van der Waals surface area contributed by atoms with Crippen molar-refractivity contribution in [2.24, 2.45) is 5.92 Å². The highest BCUT2D eigenvalue weighted by atomic mass is 35.5. The summed E-state index contributed by atoms with van der Waals surface area (Å²) in [7, 11) is 0. The quantitative estimate of drug-likeness (QED) is 0.706. The first-order chi connectivity index (χ1) is 12.6. The van der Waals surface area contributed by atoms with Gasteiger partial charge in [-0.2, -0.15) is 0 Å². The number of amides is 1. The molecule has 1 aliphatic heterocycles. The number of nitrogens with one attached hydrogen (secondary N) is 1. The fourth-order valence-corrected chi connectivity index (χ4v) is 4.73. The average molecular weight is 410 g/mol. The average Bonchev–Trinajstić information content (AvgIpc) is 3.03. The van der Waals surface area contributed by atoms with E-state index in [2.05, 4.69) is 27.5 Å². The summed E-state index contributed by atoms with van der Waals surface area (Å²) in [5.74, 6) is 1.97. The molecule has 1 saturated heterocycles. The van der Waals surface area contributed by atoms with Gasteiger partial charge in [-0.15, -0.1) is 23.1 Å². The molecule has 1 amide bonds. The molecular formula is C19H24ClN3OS2. The van der Waals surface area contributed by atoms with Crippen LogP contribution in [0.1, 0.15) is 31.0 Å². The minimum absolute atomic E-state index is 0.00328. The molecule has 140 valence electrons. The first-order valence-electron chi connectivity index (χ1n) is 8.87. The summed E-state index contributed by atoms with van der Waals surface area (Å²) in [5.41, 5.74) is 2.22. The zero-order valence-electron chi connectivity index (χ0n) is 14.9. The van der Waals surface area contributed by atoms with Gasteiger partial charge in [-0.05, 0) is 43.0 Å². The maximum atomic E-state index is 12.1. The molecule has 2 aromatic rings. The second-order valence-electron chi connectivity index (χ2n) is 6.79. The number of rotatable bonds is 7. The molecule has 0 radical (unpaired) electrons. The number of carbonyl (C=O) groups is 1. The van der Waals surface area contributed by atoms with E-state index in [9.17, 15) is 4.79 Å². The molecule has 1 aliphatic rings. The Morgan fingerprint density at radius 3 is 3.00 bits per heavy atom. The third kappa shape index (κ3) is 6.27. The lowest BCUT2D eigenvalue weighted by Crippen LogP contribution is -2.33. The topological polar surface area (TPSA) is 45.2 Å². The fourth-order valence-electron chi connectivity index (χ4n) is 3.09. The number of hydrogen-bond acceptors (Lipinski definition) is 5. The highest BCUT2D eigenvalue weighted by Gasteiger charge is 2.17. The van der Waals surface area contributed by atoms with E-state index >= 15 is 0 Å². The van der Waals surface area contributed by atoms with Crippen molar-refractivity contribution >= 4 is 45.7 Å². The highest BCUT2D eigenvalue weighted by Crippen LogP contribution is 2.21. The Balaban J connectivity index is 1.40. The van der Waals surface area contributed by atoms with E-state index in [1.807, 2.05) is 24.3 Å². The number of benzene rings is 1. The van der Waals surface area contributed by atoms with E-state index in [-0.39, 0.29) is 5.91 Å². The summed E-state index contributed by atoms with van der Waals surface area (Å²) in [4.78, 5) is 19.1. The van der Waals surface area contributed by atoms with E-state index in [0.29, 0.717) is 10.9 Å². The van der Waals surface area contributed by atoms with Crippen LogP contribution in [0.4, 0.5) is 5.13 Å². The SMILES string of the molecule is CC1CCCN(Cc2csc(NC(=O)CSCc3ccc(Cl)cc3)n2)C1. The predicted molar refractivity (Wildman–Crippen MR) is 112 cm³/mol. The van der Waals surface area contributed by atoms with Gasteiger partial charge in [-0.1, -0.05) is 30.7 Å². The molecule has 0 saturated carbocycles. The van der Waals surface area contributed by atoms with Gasteiger partial charge in [0.25, 0.3) is 0 Å². The van der Waals surface area contributed by atoms with Crippen molar-refractivity contribution in [3.8, 4) is 0 Å². The van der Waals surface area contributed by atoms with Crippen molar-refractivity contribution < 1.29 is 4.79 Å². The molecule has 1 aromatic heterocycles. The second-order valence-corrected chi connectivity index (χ2v) is 9.07. The van der Waals surface area contributed by atoms with E-state index in [1.54, 1.807) is 11.8 Å². The number of hydrogen-bond donors (Lipinski definition) is 1. The van der Waals surface area contributed by atoms with Crippen LogP contribution < -0.4 is 5.32 Å². The van der Waals surface area contributed by atoms with E-state index in [1.165, 1.54) is 29.7 Å². The summed E-state index contributed by atoms with van der Waals surface area (Å²) in [6, 6.07) is 7.72. The number of likely N-dealkylation sites (tertiary alicyclic amines) is 1. The first-order valence-corrected chi connectivity index (χ1v) is 11.3. The van der Waals surface area contributed by atoms with Gasteiger partial charge in [0, 0.05) is 29.2 Å². The van der Waals surface area contributed by atoms with Crippen molar-refractivity contribution in [2.45, 2.75) is 32.1 Å². The molecule has 1 unspecified atom stereocenters. The van der Waals surface area contributed by atoms with Crippen LogP contribution in [0, 0.1) is 5.92 Å². The predicted octanol–water partition coefficient (Wildman–Crippen LogP) is 4.90. The molecule has 7 heteroatoms. The zero-order chi connectivity index (χ0) is 18.4. The fraction of sp³-hybridized carbons (Fsp3) is 0.474. The Morgan fingerprint density at radius 2 is 2.23 bits per heavy atom. The Hall–Kier alpha value is -1.08. The Labute approximate surface area is 168 Å². The molecule has 1 aromatic carbocycles. The monoisotopic (exact) mass is 409 g/mol. The molecule has 0 bridgehead atoms. The van der Waals surface area contributed by atoms with Gasteiger partial charge in [-0.25, -0.2) is 4.98 Å². The molecule has 1 fully saturated rings. The maximum absolute atomic E-state index is 12.1. The number of thioether (sulfide) groups is 1. The molecule has 0 aliphatic carbocycles. The van der Waals surface area contributed by atoms with Gasteiger partial charge in [0.05, 0.1) is 11.4 Å². The van der Waals surface area contributed by atoms with Crippen molar-refractivity contribution in [3.63, 3.8) is 0 Å². The van der Waals surface area contributed by atoms with Gasteiger partial charge >= 0.3 is 0 Å². The highest BCUT2D eigenvalue weighted by molar-refractivity contribution is 7.99. The number of carbonyl (C=O) groups excluding carboxylic acids is 1. The van der Waals surface area contributed by atoms with Gasteiger partial charge in [-0.3, -0.25) is 9.69 Å². The lowest BCUT2D eigenvalue weighted by Gasteiger charge is -2.30. The number of piperidine rings is 1. The van der Waals surface area contributed by atoms with Crippen LogP contribution in [0.5, 0.6) is 0 Å². The van der Waals surface area contributed by atoms with Crippen molar-refractivity contribution in [3.05, 3.63) is 45.9 Å². The summed E-state index contributed by atoms with van der Waals surface area (Å²) in [5, 5.41) is 6.39. The molecule has 1 N–H and O–H groups in total. The minimum Gasteiger partial charge on any atom is -0.301 e. The molecule has 3 rings (SSSR count). The van der Waals surface area contributed by atoms with E-state index in [0.717, 1.165) is 42.0 Å². The summed E-state index contributed by atoms with van der Waals surface area (Å²) in [6.45, 7) is 5.47. The third-order valence-corrected chi connectivity index (χ3v) is 6.40. The molecular weight excluding hydrogens is 386 g/mol. The Morgan fingerprint density at radius 1 is 1.42 bits per heavy atom. The summed E-state index contributed by atoms with van der Waals surface area (Å²) in [6.07, 6.45) is 2.59. The normalized spacial score (nSPS) is 18.0.